The molecule has 0 saturated carbocycles. The van der Waals surface area contributed by atoms with E-state index in [9.17, 15) is 13.2 Å². The number of carbonyl (C=O) groups excluding carboxylic acids is 1. The lowest BCUT2D eigenvalue weighted by Gasteiger charge is -2.14. The van der Waals surface area contributed by atoms with Gasteiger partial charge < -0.3 is 10.1 Å². The predicted molar refractivity (Wildman–Crippen MR) is 103 cm³/mol. The molecule has 0 aromatic heterocycles. The highest BCUT2D eigenvalue weighted by molar-refractivity contribution is 7.92. The molecule has 2 rings (SSSR count). The fourth-order valence-electron chi connectivity index (χ4n) is 2.13. The van der Waals surface area contributed by atoms with E-state index in [-0.39, 0.29) is 6.54 Å². The van der Waals surface area contributed by atoms with E-state index in [0.29, 0.717) is 18.0 Å². The Kier molecular flexibility index (Phi) is 6.94. The summed E-state index contributed by atoms with van der Waals surface area (Å²) in [5.41, 5.74) is 1.34. The first-order valence-electron chi connectivity index (χ1n) is 8.13. The Balaban J connectivity index is 1.93. The summed E-state index contributed by atoms with van der Waals surface area (Å²) in [5, 5.41) is 3.75. The van der Waals surface area contributed by atoms with Crippen molar-refractivity contribution in [3.63, 3.8) is 0 Å². The molecule has 0 atom stereocenters. The fraction of sp³-hybridized carbons (Fsp3) is 0.211. The molecule has 0 aliphatic rings. The van der Waals surface area contributed by atoms with E-state index in [2.05, 4.69) is 5.32 Å². The van der Waals surface area contributed by atoms with Crippen molar-refractivity contribution in [1.29, 1.82) is 0 Å². The van der Waals surface area contributed by atoms with Gasteiger partial charge in [-0.1, -0.05) is 30.3 Å². The van der Waals surface area contributed by atoms with Crippen molar-refractivity contribution in [2.45, 2.75) is 6.92 Å². The lowest BCUT2D eigenvalue weighted by atomic mass is 10.2. The van der Waals surface area contributed by atoms with Gasteiger partial charge in [0.05, 0.1) is 13.2 Å². The van der Waals surface area contributed by atoms with Crippen LogP contribution in [0.2, 0.25) is 0 Å². The molecule has 0 heterocycles. The third-order valence-corrected chi connectivity index (χ3v) is 4.96. The molecule has 2 aromatic carbocycles. The number of benzene rings is 2. The first kappa shape index (κ1) is 19.7. The van der Waals surface area contributed by atoms with Crippen molar-refractivity contribution >= 4 is 27.7 Å². The van der Waals surface area contributed by atoms with E-state index in [1.165, 1.54) is 13.1 Å². The SMILES string of the molecule is CCOc1ccc(NC(=O)CN(C)S(=O)(=O)C=Cc2ccccc2)cc1. The standard InChI is InChI=1S/C19H22N2O4S/c1-3-25-18-11-9-17(10-12-18)20-19(22)15-21(2)26(23,24)14-13-16-7-5-4-6-8-16/h4-14H,3,15H2,1-2H3,(H,20,22). The van der Waals surface area contributed by atoms with Gasteiger partial charge in [-0.05, 0) is 42.8 Å². The Morgan fingerprint density at radius 1 is 1.12 bits per heavy atom. The summed E-state index contributed by atoms with van der Waals surface area (Å²) in [4.78, 5) is 12.1. The molecule has 0 spiro atoms. The van der Waals surface area contributed by atoms with Crippen LogP contribution in [0.4, 0.5) is 5.69 Å². The second kappa shape index (κ2) is 9.17. The zero-order valence-corrected chi connectivity index (χ0v) is 15.6. The third-order valence-electron chi connectivity index (χ3n) is 3.48. The van der Waals surface area contributed by atoms with Crippen molar-refractivity contribution in [2.24, 2.45) is 0 Å². The highest BCUT2D eigenvalue weighted by Gasteiger charge is 2.17. The van der Waals surface area contributed by atoms with Crippen molar-refractivity contribution in [3.8, 4) is 5.75 Å². The molecule has 0 aliphatic heterocycles. The molecule has 1 N–H and O–H groups in total. The largest absolute Gasteiger partial charge is 0.494 e. The second-order valence-corrected chi connectivity index (χ2v) is 7.45. The lowest BCUT2D eigenvalue weighted by molar-refractivity contribution is -0.116. The van der Waals surface area contributed by atoms with Crippen LogP contribution in [-0.2, 0) is 14.8 Å². The number of nitrogens with zero attached hydrogens (tertiary/aromatic N) is 1. The van der Waals surface area contributed by atoms with Gasteiger partial charge in [-0.25, -0.2) is 8.42 Å². The van der Waals surface area contributed by atoms with Gasteiger partial charge >= 0.3 is 0 Å². The summed E-state index contributed by atoms with van der Waals surface area (Å²) in [6.07, 6.45) is 1.50. The molecule has 6 nitrogen and oxygen atoms in total. The van der Waals surface area contributed by atoms with E-state index in [1.54, 1.807) is 36.4 Å². The summed E-state index contributed by atoms with van der Waals surface area (Å²) < 4.78 is 30.8. The van der Waals surface area contributed by atoms with Gasteiger partial charge in [0.15, 0.2) is 0 Å². The monoisotopic (exact) mass is 374 g/mol. The molecule has 0 bridgehead atoms. The quantitative estimate of drug-likeness (QED) is 0.771. The minimum absolute atomic E-state index is 0.283. The van der Waals surface area contributed by atoms with Crippen LogP contribution in [0.5, 0.6) is 5.75 Å². The number of anilines is 1. The minimum atomic E-state index is -3.69. The number of rotatable bonds is 8. The normalized spacial score (nSPS) is 11.7. The molecule has 138 valence electrons. The Labute approximate surface area is 154 Å². The van der Waals surface area contributed by atoms with Gasteiger partial charge in [-0.3, -0.25) is 4.79 Å². The van der Waals surface area contributed by atoms with Crippen LogP contribution >= 0.6 is 0 Å². The molecule has 0 radical (unpaired) electrons. The number of ether oxygens (including phenoxy) is 1. The van der Waals surface area contributed by atoms with Crippen molar-refractivity contribution in [1.82, 2.24) is 4.31 Å². The zero-order chi connectivity index (χ0) is 19.0. The lowest BCUT2D eigenvalue weighted by Crippen LogP contribution is -2.33. The van der Waals surface area contributed by atoms with Crippen molar-refractivity contribution in [2.75, 3.05) is 25.5 Å². The van der Waals surface area contributed by atoms with Gasteiger partial charge in [0.25, 0.3) is 0 Å². The summed E-state index contributed by atoms with van der Waals surface area (Å²) in [6.45, 7) is 2.16. The summed E-state index contributed by atoms with van der Waals surface area (Å²) >= 11 is 0. The van der Waals surface area contributed by atoms with Crippen LogP contribution < -0.4 is 10.1 Å². The number of hydrogen-bond donors (Lipinski definition) is 1. The minimum Gasteiger partial charge on any atom is -0.494 e. The summed E-state index contributed by atoms with van der Waals surface area (Å²) in [5.74, 6) is 0.282. The number of likely N-dealkylation sites (N-methyl/N-ethyl adjacent to an activating group) is 1. The van der Waals surface area contributed by atoms with Crippen LogP contribution in [0.15, 0.2) is 60.0 Å². The third kappa shape index (κ3) is 6.02. The Hall–Kier alpha value is -2.64. The van der Waals surface area contributed by atoms with Crippen molar-refractivity contribution in [3.05, 3.63) is 65.6 Å². The van der Waals surface area contributed by atoms with Gasteiger partial charge in [0, 0.05) is 18.1 Å². The Morgan fingerprint density at radius 3 is 2.38 bits per heavy atom. The van der Waals surface area contributed by atoms with Crippen LogP contribution in [0, 0.1) is 0 Å². The fourth-order valence-corrected chi connectivity index (χ4v) is 2.96. The molecule has 0 aliphatic carbocycles. The maximum absolute atomic E-state index is 12.3. The zero-order valence-electron chi connectivity index (χ0n) is 14.8. The highest BCUT2D eigenvalue weighted by atomic mass is 32.2. The number of nitrogens with one attached hydrogen (secondary N) is 1. The summed E-state index contributed by atoms with van der Waals surface area (Å²) in [6, 6.07) is 16.0. The smallest absolute Gasteiger partial charge is 0.239 e. The maximum Gasteiger partial charge on any atom is 0.239 e. The van der Waals surface area contributed by atoms with Gasteiger partial charge in [-0.2, -0.15) is 4.31 Å². The van der Waals surface area contributed by atoms with E-state index in [0.717, 1.165) is 15.3 Å². The van der Waals surface area contributed by atoms with Crippen LogP contribution in [0.3, 0.4) is 0 Å². The van der Waals surface area contributed by atoms with Crippen LogP contribution in [0.1, 0.15) is 12.5 Å². The summed E-state index contributed by atoms with van der Waals surface area (Å²) in [7, 11) is -2.32. The highest BCUT2D eigenvalue weighted by Crippen LogP contribution is 2.15. The van der Waals surface area contributed by atoms with E-state index in [1.807, 2.05) is 25.1 Å². The average Bonchev–Trinajstić information content (AvgIpc) is 2.63. The molecule has 2 aromatic rings. The van der Waals surface area contributed by atoms with Gasteiger partial charge in [0.2, 0.25) is 15.9 Å². The molecule has 26 heavy (non-hydrogen) atoms. The molecule has 7 heteroatoms. The molecule has 0 fully saturated rings. The first-order valence-corrected chi connectivity index (χ1v) is 9.63. The Bertz CT molecular complexity index is 847. The van der Waals surface area contributed by atoms with E-state index < -0.39 is 15.9 Å². The van der Waals surface area contributed by atoms with Gasteiger partial charge in [0.1, 0.15) is 5.75 Å². The van der Waals surface area contributed by atoms with Crippen molar-refractivity contribution < 1.29 is 17.9 Å². The predicted octanol–water partition coefficient (Wildman–Crippen LogP) is 2.96. The molecule has 0 saturated heterocycles. The van der Waals surface area contributed by atoms with Crippen LogP contribution in [-0.4, -0.2) is 38.8 Å². The number of hydrogen-bond acceptors (Lipinski definition) is 4. The Morgan fingerprint density at radius 2 is 1.77 bits per heavy atom. The average molecular weight is 374 g/mol. The van der Waals surface area contributed by atoms with E-state index >= 15 is 0 Å². The maximum atomic E-state index is 12.3. The number of amides is 1. The first-order chi connectivity index (χ1) is 12.4. The van der Waals surface area contributed by atoms with Crippen LogP contribution in [0.25, 0.3) is 6.08 Å². The molecule has 1 amide bonds. The van der Waals surface area contributed by atoms with E-state index in [4.69, 9.17) is 4.74 Å². The molecular weight excluding hydrogens is 352 g/mol. The van der Waals surface area contributed by atoms with Gasteiger partial charge in [-0.15, -0.1) is 0 Å². The second-order valence-electron chi connectivity index (χ2n) is 5.52. The number of carbonyl (C=O) groups is 1. The molecular formula is C19H22N2O4S. The topological polar surface area (TPSA) is 75.7 Å². The molecule has 0 unspecified atom stereocenters. The number of sulfonamides is 1.